The molecule has 1 saturated heterocycles. The molecule has 2 N–H and O–H groups in total. The zero-order valence-electron chi connectivity index (χ0n) is 16.4. The minimum Gasteiger partial charge on any atom is -0.338 e. The molecule has 1 aliphatic rings. The number of aryl methyl sites for hydroxylation is 1. The van der Waals surface area contributed by atoms with Crippen molar-refractivity contribution < 1.29 is 14.4 Å². The highest BCUT2D eigenvalue weighted by atomic mass is 16.7. The van der Waals surface area contributed by atoms with Gasteiger partial charge in [0.1, 0.15) is 0 Å². The van der Waals surface area contributed by atoms with E-state index in [1.165, 1.54) is 6.42 Å². The van der Waals surface area contributed by atoms with Crippen LogP contribution in [-0.2, 0) is 11.4 Å². The van der Waals surface area contributed by atoms with Crippen LogP contribution in [0.5, 0.6) is 0 Å². The van der Waals surface area contributed by atoms with E-state index in [0.717, 1.165) is 30.6 Å². The van der Waals surface area contributed by atoms with Gasteiger partial charge in [-0.25, -0.2) is 10.3 Å². The van der Waals surface area contributed by atoms with Crippen LogP contribution in [0.3, 0.4) is 0 Å². The van der Waals surface area contributed by atoms with Crippen molar-refractivity contribution >= 4 is 17.6 Å². The zero-order valence-corrected chi connectivity index (χ0v) is 16.4. The van der Waals surface area contributed by atoms with Crippen LogP contribution >= 0.6 is 0 Å². The molecule has 2 aromatic rings. The molecule has 1 fully saturated rings. The highest BCUT2D eigenvalue weighted by Gasteiger charge is 2.22. The summed E-state index contributed by atoms with van der Waals surface area (Å²) in [5.74, 6) is 0.594. The van der Waals surface area contributed by atoms with E-state index in [0.29, 0.717) is 17.2 Å². The van der Waals surface area contributed by atoms with Crippen LogP contribution < -0.4 is 10.8 Å². The summed E-state index contributed by atoms with van der Waals surface area (Å²) in [5.41, 5.74) is 5.46. The Bertz CT molecular complexity index is 823. The number of piperidine rings is 1. The molecule has 1 atom stereocenters. The molecule has 0 aliphatic carbocycles. The molecule has 0 spiro atoms. The molecule has 0 radical (unpaired) electrons. The third-order valence-electron chi connectivity index (χ3n) is 4.91. The third-order valence-corrected chi connectivity index (χ3v) is 4.91. The van der Waals surface area contributed by atoms with E-state index in [1.54, 1.807) is 12.1 Å². The van der Waals surface area contributed by atoms with Crippen LogP contribution in [0.15, 0.2) is 48.5 Å². The van der Waals surface area contributed by atoms with Crippen molar-refractivity contribution in [3.05, 3.63) is 65.2 Å². The molecule has 1 heterocycles. The summed E-state index contributed by atoms with van der Waals surface area (Å²) in [6.45, 7) is 5.95. The second-order valence-electron chi connectivity index (χ2n) is 7.36. The molecule has 0 saturated carbocycles. The molecule has 3 rings (SSSR count). The Hall–Kier alpha value is -2.86. The lowest BCUT2D eigenvalue weighted by Crippen LogP contribution is -2.39. The van der Waals surface area contributed by atoms with Crippen molar-refractivity contribution in [1.82, 2.24) is 10.4 Å². The first-order valence-electron chi connectivity index (χ1n) is 9.65. The van der Waals surface area contributed by atoms with Gasteiger partial charge in [0.15, 0.2) is 0 Å². The number of amides is 3. The van der Waals surface area contributed by atoms with E-state index in [1.807, 2.05) is 48.2 Å². The Morgan fingerprint density at radius 3 is 2.68 bits per heavy atom. The Labute approximate surface area is 165 Å². The van der Waals surface area contributed by atoms with Crippen LogP contribution in [0.4, 0.5) is 10.5 Å². The van der Waals surface area contributed by atoms with Gasteiger partial charge in [0.2, 0.25) is 0 Å². The number of carbonyl (C=O) groups excluding carboxylic acids is 2. The molecule has 1 unspecified atom stereocenters. The Morgan fingerprint density at radius 1 is 1.18 bits per heavy atom. The van der Waals surface area contributed by atoms with Gasteiger partial charge in [-0.05, 0) is 55.0 Å². The fraction of sp³-hybridized carbons (Fsp3) is 0.364. The average Bonchev–Trinajstić information content (AvgIpc) is 2.70. The van der Waals surface area contributed by atoms with Crippen LogP contribution in [0, 0.1) is 12.8 Å². The van der Waals surface area contributed by atoms with Gasteiger partial charge >= 0.3 is 6.03 Å². The minimum atomic E-state index is -0.456. The van der Waals surface area contributed by atoms with Gasteiger partial charge < -0.3 is 10.2 Å². The summed E-state index contributed by atoms with van der Waals surface area (Å²) in [5, 5.41) is 2.75. The molecule has 0 aromatic heterocycles. The summed E-state index contributed by atoms with van der Waals surface area (Å²) in [7, 11) is 0. The SMILES string of the molecule is Cc1cc(C(=O)N2CCCC(C)C2)ccc1NC(=O)NOCc1ccccc1. The zero-order chi connectivity index (χ0) is 19.9. The summed E-state index contributed by atoms with van der Waals surface area (Å²) in [6.07, 6.45) is 2.22. The largest absolute Gasteiger partial charge is 0.343 e. The average molecular weight is 381 g/mol. The summed E-state index contributed by atoms with van der Waals surface area (Å²) < 4.78 is 0. The van der Waals surface area contributed by atoms with Crippen molar-refractivity contribution in [3.63, 3.8) is 0 Å². The second-order valence-corrected chi connectivity index (χ2v) is 7.36. The van der Waals surface area contributed by atoms with Crippen LogP contribution in [0.2, 0.25) is 0 Å². The normalized spacial score (nSPS) is 16.5. The van der Waals surface area contributed by atoms with Gasteiger partial charge in [0.25, 0.3) is 5.91 Å². The number of hydroxylamine groups is 1. The van der Waals surface area contributed by atoms with E-state index in [2.05, 4.69) is 17.7 Å². The number of likely N-dealkylation sites (tertiary alicyclic amines) is 1. The van der Waals surface area contributed by atoms with Gasteiger partial charge in [-0.2, -0.15) is 0 Å². The molecule has 28 heavy (non-hydrogen) atoms. The molecular formula is C22H27N3O3. The van der Waals surface area contributed by atoms with Crippen molar-refractivity contribution in [1.29, 1.82) is 0 Å². The first-order chi connectivity index (χ1) is 13.5. The summed E-state index contributed by atoms with van der Waals surface area (Å²) in [6, 6.07) is 14.5. The highest BCUT2D eigenvalue weighted by Crippen LogP contribution is 2.21. The third kappa shape index (κ3) is 5.33. The number of hydrogen-bond acceptors (Lipinski definition) is 3. The van der Waals surface area contributed by atoms with E-state index < -0.39 is 6.03 Å². The van der Waals surface area contributed by atoms with Gasteiger partial charge in [0, 0.05) is 24.3 Å². The molecule has 3 amide bonds. The van der Waals surface area contributed by atoms with E-state index in [4.69, 9.17) is 4.84 Å². The number of hydrogen-bond donors (Lipinski definition) is 2. The highest BCUT2D eigenvalue weighted by molar-refractivity contribution is 5.96. The lowest BCUT2D eigenvalue weighted by atomic mass is 9.99. The van der Waals surface area contributed by atoms with Crippen molar-refractivity contribution in [2.24, 2.45) is 5.92 Å². The molecule has 6 nitrogen and oxygen atoms in total. The van der Waals surface area contributed by atoms with Crippen LogP contribution in [-0.4, -0.2) is 29.9 Å². The first-order valence-corrected chi connectivity index (χ1v) is 9.65. The number of anilines is 1. The smallest absolute Gasteiger partial charge is 0.338 e. The number of urea groups is 1. The van der Waals surface area contributed by atoms with E-state index in [-0.39, 0.29) is 12.5 Å². The number of nitrogens with one attached hydrogen (secondary N) is 2. The topological polar surface area (TPSA) is 70.7 Å². The summed E-state index contributed by atoms with van der Waals surface area (Å²) in [4.78, 5) is 31.9. The fourth-order valence-electron chi connectivity index (χ4n) is 3.40. The van der Waals surface area contributed by atoms with Gasteiger partial charge in [0.05, 0.1) is 6.61 Å². The number of benzene rings is 2. The number of nitrogens with zero attached hydrogens (tertiary/aromatic N) is 1. The maximum absolute atomic E-state index is 12.7. The van der Waals surface area contributed by atoms with Crippen molar-refractivity contribution in [2.45, 2.75) is 33.3 Å². The van der Waals surface area contributed by atoms with Crippen molar-refractivity contribution in [2.75, 3.05) is 18.4 Å². The van der Waals surface area contributed by atoms with Crippen LogP contribution in [0.1, 0.15) is 41.3 Å². The Balaban J connectivity index is 1.53. The predicted molar refractivity (Wildman–Crippen MR) is 109 cm³/mol. The van der Waals surface area contributed by atoms with Crippen molar-refractivity contribution in [3.8, 4) is 0 Å². The lowest BCUT2D eigenvalue weighted by Gasteiger charge is -2.31. The lowest BCUT2D eigenvalue weighted by molar-refractivity contribution is 0.0536. The van der Waals surface area contributed by atoms with Gasteiger partial charge in [-0.15, -0.1) is 0 Å². The molecular weight excluding hydrogens is 354 g/mol. The molecule has 6 heteroatoms. The van der Waals surface area contributed by atoms with Gasteiger partial charge in [-0.1, -0.05) is 37.3 Å². The van der Waals surface area contributed by atoms with Crippen LogP contribution in [0.25, 0.3) is 0 Å². The second kappa shape index (κ2) is 9.37. The molecule has 2 aromatic carbocycles. The molecule has 148 valence electrons. The fourth-order valence-corrected chi connectivity index (χ4v) is 3.40. The molecule has 0 bridgehead atoms. The minimum absolute atomic E-state index is 0.0526. The maximum atomic E-state index is 12.7. The standard InChI is InChI=1S/C22H27N3O3/c1-16-7-6-12-25(14-16)21(26)19-10-11-20(17(2)13-19)23-22(27)24-28-15-18-8-4-3-5-9-18/h3-5,8-11,13,16H,6-7,12,14-15H2,1-2H3,(H2,23,24,27). The monoisotopic (exact) mass is 381 g/mol. The quantitative estimate of drug-likeness (QED) is 0.766. The van der Waals surface area contributed by atoms with Gasteiger partial charge in [-0.3, -0.25) is 9.63 Å². The number of carbonyl (C=O) groups is 2. The number of rotatable bonds is 5. The first kappa shape index (κ1) is 19.9. The maximum Gasteiger partial charge on any atom is 0.343 e. The Morgan fingerprint density at radius 2 is 1.96 bits per heavy atom. The molecule has 1 aliphatic heterocycles. The summed E-state index contributed by atoms with van der Waals surface area (Å²) >= 11 is 0. The van der Waals surface area contributed by atoms with E-state index in [9.17, 15) is 9.59 Å². The van der Waals surface area contributed by atoms with E-state index >= 15 is 0 Å². The predicted octanol–water partition coefficient (Wildman–Crippen LogP) is 4.12. The Kier molecular flexibility index (Phi) is 6.66.